The number of carboxylic acids is 1. The van der Waals surface area contributed by atoms with Gasteiger partial charge in [0.05, 0.1) is 5.92 Å². The van der Waals surface area contributed by atoms with Gasteiger partial charge in [0.25, 0.3) is 0 Å². The van der Waals surface area contributed by atoms with Crippen molar-refractivity contribution in [2.75, 3.05) is 0 Å². The molecule has 0 aliphatic carbocycles. The second-order valence-corrected chi connectivity index (χ2v) is 3.59. The zero-order valence-electron chi connectivity index (χ0n) is 7.37. The van der Waals surface area contributed by atoms with E-state index in [1.54, 1.807) is 6.92 Å². The minimum absolute atomic E-state index is 0.207. The summed E-state index contributed by atoms with van der Waals surface area (Å²) >= 11 is 11.5. The number of rotatable bonds is 3. The molecule has 1 aromatic rings. The van der Waals surface area contributed by atoms with Crippen molar-refractivity contribution in [2.24, 2.45) is 5.92 Å². The lowest BCUT2D eigenvalue weighted by Crippen LogP contribution is -2.13. The lowest BCUT2D eigenvalue weighted by molar-refractivity contribution is -0.141. The minimum Gasteiger partial charge on any atom is -0.481 e. The van der Waals surface area contributed by atoms with E-state index in [2.05, 4.69) is 9.97 Å². The van der Waals surface area contributed by atoms with Crippen molar-refractivity contribution in [2.45, 2.75) is 13.3 Å². The van der Waals surface area contributed by atoms with E-state index in [-0.39, 0.29) is 16.7 Å². The molecule has 1 N–H and O–H groups in total. The molecule has 0 radical (unpaired) electrons. The molecular weight excluding hydrogens is 227 g/mol. The summed E-state index contributed by atoms with van der Waals surface area (Å²) in [5.41, 5.74) is 0.478. The van der Waals surface area contributed by atoms with E-state index in [0.717, 1.165) is 0 Å². The second-order valence-electron chi connectivity index (χ2n) is 2.88. The van der Waals surface area contributed by atoms with E-state index < -0.39 is 11.9 Å². The zero-order chi connectivity index (χ0) is 10.7. The summed E-state index contributed by atoms with van der Waals surface area (Å²) in [5.74, 6) is -1.46. The van der Waals surface area contributed by atoms with Crippen LogP contribution in [0.1, 0.15) is 12.5 Å². The molecule has 0 amide bonds. The van der Waals surface area contributed by atoms with Crippen LogP contribution in [0.25, 0.3) is 0 Å². The summed E-state index contributed by atoms with van der Waals surface area (Å²) in [6.07, 6.45) is 1.47. The first-order valence-corrected chi connectivity index (χ1v) is 4.65. The van der Waals surface area contributed by atoms with Crippen LogP contribution in [0.4, 0.5) is 0 Å². The van der Waals surface area contributed by atoms with Crippen molar-refractivity contribution < 1.29 is 9.90 Å². The maximum absolute atomic E-state index is 10.6. The standard InChI is InChI=1S/C8H8Cl2N2O2/c1-4(8(13)14)2-5-6(9)11-3-12-7(5)10/h3-4H,2H2,1H3,(H,13,14). The normalized spacial score (nSPS) is 12.5. The summed E-state index contributed by atoms with van der Waals surface area (Å²) in [6.45, 7) is 1.57. The van der Waals surface area contributed by atoms with Crippen LogP contribution in [-0.2, 0) is 11.2 Å². The molecule has 0 saturated heterocycles. The van der Waals surface area contributed by atoms with Gasteiger partial charge >= 0.3 is 5.97 Å². The second kappa shape index (κ2) is 4.57. The molecule has 1 atom stereocenters. The van der Waals surface area contributed by atoms with Crippen LogP contribution in [0, 0.1) is 5.92 Å². The van der Waals surface area contributed by atoms with Gasteiger partial charge in [0.2, 0.25) is 0 Å². The predicted octanol–water partition coefficient (Wildman–Crippen LogP) is 2.05. The Morgan fingerprint density at radius 1 is 1.50 bits per heavy atom. The van der Waals surface area contributed by atoms with Crippen LogP contribution in [0.2, 0.25) is 10.3 Å². The van der Waals surface area contributed by atoms with Gasteiger partial charge in [-0.3, -0.25) is 4.79 Å². The summed E-state index contributed by atoms with van der Waals surface area (Å²) < 4.78 is 0. The highest BCUT2D eigenvalue weighted by molar-refractivity contribution is 6.34. The fourth-order valence-corrected chi connectivity index (χ4v) is 1.40. The Balaban J connectivity index is 2.91. The average Bonchev–Trinajstić information content (AvgIpc) is 2.11. The number of hydrogen-bond donors (Lipinski definition) is 1. The van der Waals surface area contributed by atoms with Crippen molar-refractivity contribution in [3.8, 4) is 0 Å². The molecule has 1 heterocycles. The number of nitrogens with zero attached hydrogens (tertiary/aromatic N) is 2. The Morgan fingerprint density at radius 2 is 2.00 bits per heavy atom. The number of halogens is 2. The van der Waals surface area contributed by atoms with Gasteiger partial charge in [0.15, 0.2) is 0 Å². The Kier molecular flexibility index (Phi) is 3.66. The lowest BCUT2D eigenvalue weighted by Gasteiger charge is -2.07. The molecule has 0 aliphatic rings. The molecule has 1 aromatic heterocycles. The summed E-state index contributed by atoms with van der Waals surface area (Å²) in [7, 11) is 0. The van der Waals surface area contributed by atoms with Crippen LogP contribution in [0.5, 0.6) is 0 Å². The number of aromatic nitrogens is 2. The Labute approximate surface area is 90.9 Å². The van der Waals surface area contributed by atoms with Crippen molar-refractivity contribution >= 4 is 29.2 Å². The van der Waals surface area contributed by atoms with Crippen LogP contribution in [0.3, 0.4) is 0 Å². The van der Waals surface area contributed by atoms with E-state index in [9.17, 15) is 4.79 Å². The highest BCUT2D eigenvalue weighted by Crippen LogP contribution is 2.22. The highest BCUT2D eigenvalue weighted by Gasteiger charge is 2.16. The fourth-order valence-electron chi connectivity index (χ4n) is 0.933. The van der Waals surface area contributed by atoms with Crippen molar-refractivity contribution in [3.05, 3.63) is 22.2 Å². The molecule has 1 unspecified atom stereocenters. The van der Waals surface area contributed by atoms with Gasteiger partial charge in [0.1, 0.15) is 16.6 Å². The molecule has 1 rings (SSSR count). The van der Waals surface area contributed by atoms with Crippen molar-refractivity contribution in [1.29, 1.82) is 0 Å². The molecule has 0 aliphatic heterocycles. The van der Waals surface area contributed by atoms with E-state index in [1.807, 2.05) is 0 Å². The maximum atomic E-state index is 10.6. The van der Waals surface area contributed by atoms with Crippen molar-refractivity contribution in [1.82, 2.24) is 9.97 Å². The van der Waals surface area contributed by atoms with E-state index in [0.29, 0.717) is 5.56 Å². The average molecular weight is 235 g/mol. The molecule has 0 aromatic carbocycles. The summed E-state index contributed by atoms with van der Waals surface area (Å²) in [6, 6.07) is 0. The lowest BCUT2D eigenvalue weighted by atomic mass is 10.0. The van der Waals surface area contributed by atoms with E-state index in [4.69, 9.17) is 28.3 Å². The molecule has 76 valence electrons. The first-order chi connectivity index (χ1) is 6.52. The van der Waals surface area contributed by atoms with E-state index in [1.165, 1.54) is 6.33 Å². The predicted molar refractivity (Wildman–Crippen MR) is 52.6 cm³/mol. The van der Waals surface area contributed by atoms with Crippen molar-refractivity contribution in [3.63, 3.8) is 0 Å². The first-order valence-electron chi connectivity index (χ1n) is 3.90. The maximum Gasteiger partial charge on any atom is 0.306 e. The molecule has 14 heavy (non-hydrogen) atoms. The minimum atomic E-state index is -0.902. The molecule has 0 fully saturated rings. The zero-order valence-corrected chi connectivity index (χ0v) is 8.88. The fraction of sp³-hybridized carbons (Fsp3) is 0.375. The third-order valence-corrected chi connectivity index (χ3v) is 2.42. The number of hydrogen-bond acceptors (Lipinski definition) is 3. The van der Waals surface area contributed by atoms with Gasteiger partial charge in [-0.15, -0.1) is 0 Å². The van der Waals surface area contributed by atoms with Gasteiger partial charge in [-0.25, -0.2) is 9.97 Å². The first kappa shape index (κ1) is 11.2. The largest absolute Gasteiger partial charge is 0.481 e. The summed E-state index contributed by atoms with van der Waals surface area (Å²) in [5, 5.41) is 9.11. The molecule has 0 bridgehead atoms. The van der Waals surface area contributed by atoms with E-state index >= 15 is 0 Å². The molecule has 4 nitrogen and oxygen atoms in total. The monoisotopic (exact) mass is 234 g/mol. The van der Waals surface area contributed by atoms with Crippen LogP contribution < -0.4 is 0 Å². The Morgan fingerprint density at radius 3 is 2.43 bits per heavy atom. The van der Waals surface area contributed by atoms with Crippen LogP contribution >= 0.6 is 23.2 Å². The SMILES string of the molecule is CC(Cc1c(Cl)ncnc1Cl)C(=O)O. The molecular formula is C8H8Cl2N2O2. The number of carbonyl (C=O) groups is 1. The van der Waals surface area contributed by atoms with Gasteiger partial charge < -0.3 is 5.11 Å². The van der Waals surface area contributed by atoms with Gasteiger partial charge in [0, 0.05) is 5.56 Å². The smallest absolute Gasteiger partial charge is 0.306 e. The van der Waals surface area contributed by atoms with Gasteiger partial charge in [-0.05, 0) is 6.42 Å². The topological polar surface area (TPSA) is 63.1 Å². The van der Waals surface area contributed by atoms with Gasteiger partial charge in [-0.2, -0.15) is 0 Å². The third kappa shape index (κ3) is 2.56. The third-order valence-electron chi connectivity index (χ3n) is 1.77. The number of carboxylic acid groups (broad SMARTS) is 1. The molecule has 6 heteroatoms. The van der Waals surface area contributed by atoms with Crippen LogP contribution in [-0.4, -0.2) is 21.0 Å². The van der Waals surface area contributed by atoms with Gasteiger partial charge in [-0.1, -0.05) is 30.1 Å². The van der Waals surface area contributed by atoms with Crippen LogP contribution in [0.15, 0.2) is 6.33 Å². The molecule has 0 saturated carbocycles. The quantitative estimate of drug-likeness (QED) is 0.814. The molecule has 0 spiro atoms. The Bertz CT molecular complexity index is 337. The number of aliphatic carboxylic acids is 1. The summed E-state index contributed by atoms with van der Waals surface area (Å²) in [4.78, 5) is 18.1. The highest BCUT2D eigenvalue weighted by atomic mass is 35.5. The Hall–Kier alpha value is -0.870.